The number of hydrogen-bond donors (Lipinski definition) is 1. The number of nitrogens with zero attached hydrogens (tertiary/aromatic N) is 1. The summed E-state index contributed by atoms with van der Waals surface area (Å²) < 4.78 is 6.01. The summed E-state index contributed by atoms with van der Waals surface area (Å²) in [6.07, 6.45) is 0. The third kappa shape index (κ3) is 2.94. The van der Waals surface area contributed by atoms with Gasteiger partial charge in [0.1, 0.15) is 11.4 Å². The molecular formula is C17H13BrN2O2. The number of rotatable bonds is 3. The fraction of sp³-hybridized carbons (Fsp3) is 0.0588. The zero-order valence-corrected chi connectivity index (χ0v) is 13.4. The molecule has 4 nitrogen and oxygen atoms in total. The number of amides is 1. The summed E-state index contributed by atoms with van der Waals surface area (Å²) in [4.78, 5) is 16.7. The summed E-state index contributed by atoms with van der Waals surface area (Å²) in [6, 6.07) is 16.6. The number of pyridine rings is 1. The van der Waals surface area contributed by atoms with E-state index in [1.165, 1.54) is 0 Å². The Morgan fingerprint density at radius 1 is 1.14 bits per heavy atom. The van der Waals surface area contributed by atoms with Crippen LogP contribution < -0.4 is 10.1 Å². The second-order valence-corrected chi connectivity index (χ2v) is 5.54. The quantitative estimate of drug-likeness (QED) is 0.762. The molecule has 1 amide bonds. The predicted molar refractivity (Wildman–Crippen MR) is 90.4 cm³/mol. The molecule has 0 saturated heterocycles. The Morgan fingerprint density at radius 3 is 2.73 bits per heavy atom. The van der Waals surface area contributed by atoms with Crippen LogP contribution in [-0.2, 0) is 0 Å². The summed E-state index contributed by atoms with van der Waals surface area (Å²) in [5.41, 5.74) is 1.83. The van der Waals surface area contributed by atoms with Crippen LogP contribution in [0.2, 0.25) is 0 Å². The SMILES string of the molecule is COc1ccc2nc(C(=O)Nc3ccccc3Br)ccc2c1. The Kier molecular flexibility index (Phi) is 4.06. The number of nitrogens with one attached hydrogen (secondary N) is 1. The molecule has 110 valence electrons. The van der Waals surface area contributed by atoms with Crippen molar-refractivity contribution < 1.29 is 9.53 Å². The lowest BCUT2D eigenvalue weighted by Crippen LogP contribution is -2.13. The van der Waals surface area contributed by atoms with Crippen molar-refractivity contribution in [3.8, 4) is 5.75 Å². The molecule has 5 heteroatoms. The van der Waals surface area contributed by atoms with Gasteiger partial charge in [-0.05, 0) is 52.3 Å². The van der Waals surface area contributed by atoms with Crippen molar-refractivity contribution in [2.75, 3.05) is 12.4 Å². The van der Waals surface area contributed by atoms with Gasteiger partial charge in [0.15, 0.2) is 0 Å². The van der Waals surface area contributed by atoms with E-state index in [-0.39, 0.29) is 5.91 Å². The van der Waals surface area contributed by atoms with Crippen molar-refractivity contribution in [2.24, 2.45) is 0 Å². The van der Waals surface area contributed by atoms with Gasteiger partial charge in [-0.2, -0.15) is 0 Å². The van der Waals surface area contributed by atoms with Gasteiger partial charge in [-0.25, -0.2) is 4.98 Å². The fourth-order valence-electron chi connectivity index (χ4n) is 2.11. The lowest BCUT2D eigenvalue weighted by Gasteiger charge is -2.08. The molecule has 1 aromatic heterocycles. The predicted octanol–water partition coefficient (Wildman–Crippen LogP) is 4.26. The number of methoxy groups -OCH3 is 1. The minimum Gasteiger partial charge on any atom is -0.497 e. The third-order valence-corrected chi connectivity index (χ3v) is 3.94. The number of fused-ring (bicyclic) bond motifs is 1. The third-order valence-electron chi connectivity index (χ3n) is 3.25. The number of aromatic nitrogens is 1. The van der Waals surface area contributed by atoms with Gasteiger partial charge in [-0.15, -0.1) is 0 Å². The molecule has 0 unspecified atom stereocenters. The Hall–Kier alpha value is -2.40. The van der Waals surface area contributed by atoms with E-state index < -0.39 is 0 Å². The van der Waals surface area contributed by atoms with Gasteiger partial charge < -0.3 is 10.1 Å². The van der Waals surface area contributed by atoms with E-state index in [1.807, 2.05) is 48.5 Å². The van der Waals surface area contributed by atoms with E-state index in [4.69, 9.17) is 4.74 Å². The first-order chi connectivity index (χ1) is 10.7. The molecule has 0 radical (unpaired) electrons. The van der Waals surface area contributed by atoms with Crippen LogP contribution in [0.25, 0.3) is 10.9 Å². The van der Waals surface area contributed by atoms with Crippen LogP contribution in [0.5, 0.6) is 5.75 Å². The summed E-state index contributed by atoms with van der Waals surface area (Å²) in [5, 5.41) is 3.77. The lowest BCUT2D eigenvalue weighted by atomic mass is 10.2. The van der Waals surface area contributed by atoms with Crippen molar-refractivity contribution in [1.29, 1.82) is 0 Å². The molecule has 3 rings (SSSR count). The smallest absolute Gasteiger partial charge is 0.274 e. The zero-order valence-electron chi connectivity index (χ0n) is 11.8. The van der Waals surface area contributed by atoms with Gasteiger partial charge in [0.05, 0.1) is 18.3 Å². The molecule has 0 fully saturated rings. The monoisotopic (exact) mass is 356 g/mol. The molecule has 3 aromatic rings. The van der Waals surface area contributed by atoms with Gasteiger partial charge in [-0.1, -0.05) is 18.2 Å². The molecule has 1 N–H and O–H groups in total. The Morgan fingerprint density at radius 2 is 1.95 bits per heavy atom. The number of halogens is 1. The van der Waals surface area contributed by atoms with Crippen LogP contribution in [0, 0.1) is 0 Å². The number of carbonyl (C=O) groups is 1. The highest BCUT2D eigenvalue weighted by atomic mass is 79.9. The van der Waals surface area contributed by atoms with Crippen molar-refractivity contribution in [2.45, 2.75) is 0 Å². The number of hydrogen-bond acceptors (Lipinski definition) is 3. The van der Waals surface area contributed by atoms with Crippen LogP contribution >= 0.6 is 15.9 Å². The number of benzene rings is 2. The Balaban J connectivity index is 1.90. The van der Waals surface area contributed by atoms with Crippen LogP contribution in [0.3, 0.4) is 0 Å². The summed E-state index contributed by atoms with van der Waals surface area (Å²) in [7, 11) is 1.62. The maximum atomic E-state index is 12.3. The highest BCUT2D eigenvalue weighted by Crippen LogP contribution is 2.23. The van der Waals surface area contributed by atoms with Crippen LogP contribution in [0.15, 0.2) is 59.1 Å². The average Bonchev–Trinajstić information content (AvgIpc) is 2.56. The van der Waals surface area contributed by atoms with Gasteiger partial charge in [0.25, 0.3) is 5.91 Å². The summed E-state index contributed by atoms with van der Waals surface area (Å²) >= 11 is 3.40. The Labute approximate surface area is 136 Å². The first-order valence-electron chi connectivity index (χ1n) is 6.68. The molecule has 0 saturated carbocycles. The van der Waals surface area contributed by atoms with Crippen LogP contribution in [0.1, 0.15) is 10.5 Å². The molecule has 0 spiro atoms. The number of anilines is 1. The van der Waals surface area contributed by atoms with Crippen molar-refractivity contribution in [3.05, 3.63) is 64.8 Å². The molecule has 0 atom stereocenters. The van der Waals surface area contributed by atoms with Crippen molar-refractivity contribution in [1.82, 2.24) is 4.98 Å². The van der Waals surface area contributed by atoms with Crippen LogP contribution in [-0.4, -0.2) is 18.0 Å². The van der Waals surface area contributed by atoms with E-state index in [0.29, 0.717) is 11.4 Å². The van der Waals surface area contributed by atoms with E-state index in [0.717, 1.165) is 21.1 Å². The first-order valence-corrected chi connectivity index (χ1v) is 7.47. The molecular weight excluding hydrogens is 344 g/mol. The molecule has 2 aromatic carbocycles. The molecule has 1 heterocycles. The number of para-hydroxylation sites is 1. The number of carbonyl (C=O) groups excluding carboxylic acids is 1. The van der Waals surface area contributed by atoms with Gasteiger partial charge in [0.2, 0.25) is 0 Å². The molecule has 0 aliphatic heterocycles. The molecule has 0 bridgehead atoms. The van der Waals surface area contributed by atoms with E-state index in [1.54, 1.807) is 13.2 Å². The van der Waals surface area contributed by atoms with E-state index in [9.17, 15) is 4.79 Å². The second-order valence-electron chi connectivity index (χ2n) is 4.69. The van der Waals surface area contributed by atoms with E-state index >= 15 is 0 Å². The average molecular weight is 357 g/mol. The normalized spacial score (nSPS) is 10.5. The van der Waals surface area contributed by atoms with Crippen molar-refractivity contribution >= 4 is 38.4 Å². The fourth-order valence-corrected chi connectivity index (χ4v) is 2.49. The molecule has 0 aliphatic carbocycles. The highest BCUT2D eigenvalue weighted by Gasteiger charge is 2.10. The van der Waals surface area contributed by atoms with Crippen molar-refractivity contribution in [3.63, 3.8) is 0 Å². The first kappa shape index (κ1) is 14.5. The Bertz CT molecular complexity index is 849. The van der Waals surface area contributed by atoms with E-state index in [2.05, 4.69) is 26.2 Å². The zero-order chi connectivity index (χ0) is 15.5. The highest BCUT2D eigenvalue weighted by molar-refractivity contribution is 9.10. The molecule has 0 aliphatic rings. The summed E-state index contributed by atoms with van der Waals surface area (Å²) in [5.74, 6) is 0.518. The minimum atomic E-state index is -0.246. The topological polar surface area (TPSA) is 51.2 Å². The largest absolute Gasteiger partial charge is 0.497 e. The lowest BCUT2D eigenvalue weighted by molar-refractivity contribution is 0.102. The van der Waals surface area contributed by atoms with Crippen LogP contribution in [0.4, 0.5) is 5.69 Å². The van der Waals surface area contributed by atoms with Gasteiger partial charge in [-0.3, -0.25) is 4.79 Å². The van der Waals surface area contributed by atoms with Gasteiger partial charge in [0, 0.05) is 9.86 Å². The van der Waals surface area contributed by atoms with Gasteiger partial charge >= 0.3 is 0 Å². The standard InChI is InChI=1S/C17H13BrN2O2/c1-22-12-7-9-14-11(10-12)6-8-16(19-14)17(21)20-15-5-3-2-4-13(15)18/h2-10H,1H3,(H,20,21). The maximum absolute atomic E-state index is 12.3. The second kappa shape index (κ2) is 6.15. The molecule has 22 heavy (non-hydrogen) atoms. The summed E-state index contributed by atoms with van der Waals surface area (Å²) in [6.45, 7) is 0. The minimum absolute atomic E-state index is 0.246. The maximum Gasteiger partial charge on any atom is 0.274 e. The number of ether oxygens (including phenoxy) is 1.